The summed E-state index contributed by atoms with van der Waals surface area (Å²) in [5.74, 6) is 0.167. The normalized spacial score (nSPS) is 11.0. The molecule has 0 aliphatic heterocycles. The van der Waals surface area contributed by atoms with Gasteiger partial charge in [-0.15, -0.1) is 0 Å². The monoisotopic (exact) mass is 501 g/mol. The maximum absolute atomic E-state index is 13.5. The van der Waals surface area contributed by atoms with Gasteiger partial charge in [-0.2, -0.15) is 0 Å². The molecule has 8 heteroatoms. The Balaban J connectivity index is 1.52. The number of amides is 1. The van der Waals surface area contributed by atoms with Crippen LogP contribution in [0.2, 0.25) is 0 Å². The molecule has 0 aliphatic carbocycles. The Bertz CT molecular complexity index is 1380. The van der Waals surface area contributed by atoms with Crippen molar-refractivity contribution < 1.29 is 17.9 Å². The molecule has 0 unspecified atom stereocenters. The molecule has 184 valence electrons. The minimum absolute atomic E-state index is 0.104. The fraction of sp³-hybridized carbons (Fsp3) is 0.143. The molecule has 0 spiro atoms. The van der Waals surface area contributed by atoms with Crippen molar-refractivity contribution in [2.75, 3.05) is 22.8 Å². The summed E-state index contributed by atoms with van der Waals surface area (Å²) in [4.78, 5) is 17.1. The molecule has 1 amide bonds. The molecule has 0 bridgehead atoms. The third kappa shape index (κ3) is 6.28. The van der Waals surface area contributed by atoms with Crippen LogP contribution in [0.5, 0.6) is 5.75 Å². The predicted molar refractivity (Wildman–Crippen MR) is 141 cm³/mol. The smallest absolute Gasteiger partial charge is 0.264 e. The van der Waals surface area contributed by atoms with Gasteiger partial charge in [0.1, 0.15) is 12.3 Å². The number of nitrogens with one attached hydrogen (secondary N) is 1. The van der Waals surface area contributed by atoms with Crippen LogP contribution in [0, 0.1) is 0 Å². The van der Waals surface area contributed by atoms with Crippen LogP contribution in [-0.2, 0) is 21.2 Å². The Labute approximate surface area is 211 Å². The van der Waals surface area contributed by atoms with Crippen LogP contribution < -0.4 is 14.4 Å². The first-order valence-electron chi connectivity index (χ1n) is 11.5. The predicted octanol–water partition coefficient (Wildman–Crippen LogP) is 4.91. The Morgan fingerprint density at radius 1 is 0.861 bits per heavy atom. The van der Waals surface area contributed by atoms with Crippen molar-refractivity contribution in [3.05, 3.63) is 115 Å². The summed E-state index contributed by atoms with van der Waals surface area (Å²) in [5.41, 5.74) is 3.17. The summed E-state index contributed by atoms with van der Waals surface area (Å²) in [6.45, 7) is 1.98. The number of hydrogen-bond donors (Lipinski definition) is 1. The zero-order chi connectivity index (χ0) is 25.4. The average molecular weight is 502 g/mol. The SMILES string of the molecule is CCOc1ccc(N(CC(=O)Nc2ccc(Cc3ccncc3)cc2)S(=O)(=O)c2ccccc2)cc1. The number of benzene rings is 3. The second-order valence-electron chi connectivity index (χ2n) is 8.03. The van der Waals surface area contributed by atoms with E-state index in [1.807, 2.05) is 31.2 Å². The molecule has 0 atom stereocenters. The number of sulfonamides is 1. The number of pyridine rings is 1. The zero-order valence-electron chi connectivity index (χ0n) is 19.9. The van der Waals surface area contributed by atoms with Gasteiger partial charge in [-0.1, -0.05) is 30.3 Å². The van der Waals surface area contributed by atoms with Gasteiger partial charge >= 0.3 is 0 Å². The first-order valence-corrected chi connectivity index (χ1v) is 13.0. The van der Waals surface area contributed by atoms with Gasteiger partial charge in [0, 0.05) is 18.1 Å². The van der Waals surface area contributed by atoms with E-state index in [9.17, 15) is 13.2 Å². The number of rotatable bonds is 10. The molecule has 0 saturated heterocycles. The first kappa shape index (κ1) is 24.9. The fourth-order valence-corrected chi connectivity index (χ4v) is 5.13. The number of carbonyl (C=O) groups excluding carboxylic acids is 1. The lowest BCUT2D eigenvalue weighted by molar-refractivity contribution is -0.114. The molecule has 1 heterocycles. The third-order valence-corrected chi connectivity index (χ3v) is 7.24. The van der Waals surface area contributed by atoms with Gasteiger partial charge in [0.25, 0.3) is 10.0 Å². The summed E-state index contributed by atoms with van der Waals surface area (Å²) in [5, 5.41) is 2.81. The highest BCUT2D eigenvalue weighted by Crippen LogP contribution is 2.26. The van der Waals surface area contributed by atoms with Crippen molar-refractivity contribution in [1.82, 2.24) is 4.98 Å². The highest BCUT2D eigenvalue weighted by atomic mass is 32.2. The van der Waals surface area contributed by atoms with E-state index in [0.29, 0.717) is 23.7 Å². The standard InChI is InChI=1S/C28H27N3O4S/c1-2-35-26-14-12-25(13-15-26)31(36(33,34)27-6-4-3-5-7-27)21-28(32)30-24-10-8-22(9-11-24)20-23-16-18-29-19-17-23/h3-19H,2,20-21H2,1H3,(H,30,32). The summed E-state index contributed by atoms with van der Waals surface area (Å²) < 4.78 is 33.5. The van der Waals surface area contributed by atoms with Crippen LogP contribution >= 0.6 is 0 Å². The van der Waals surface area contributed by atoms with Gasteiger partial charge in [-0.25, -0.2) is 8.42 Å². The highest BCUT2D eigenvalue weighted by molar-refractivity contribution is 7.92. The lowest BCUT2D eigenvalue weighted by Gasteiger charge is -2.24. The second kappa shape index (κ2) is 11.5. The molecule has 1 aromatic heterocycles. The summed E-state index contributed by atoms with van der Waals surface area (Å²) in [7, 11) is -3.98. The largest absolute Gasteiger partial charge is 0.494 e. The van der Waals surface area contributed by atoms with Gasteiger partial charge in [0.05, 0.1) is 17.2 Å². The van der Waals surface area contributed by atoms with Crippen molar-refractivity contribution in [1.29, 1.82) is 0 Å². The van der Waals surface area contributed by atoms with Crippen molar-refractivity contribution in [3.63, 3.8) is 0 Å². The molecule has 0 radical (unpaired) electrons. The lowest BCUT2D eigenvalue weighted by atomic mass is 10.1. The second-order valence-corrected chi connectivity index (χ2v) is 9.89. The van der Waals surface area contributed by atoms with E-state index in [2.05, 4.69) is 10.3 Å². The first-order chi connectivity index (χ1) is 17.5. The minimum atomic E-state index is -3.98. The van der Waals surface area contributed by atoms with E-state index < -0.39 is 15.9 Å². The van der Waals surface area contributed by atoms with Crippen LogP contribution in [0.15, 0.2) is 108 Å². The van der Waals surface area contributed by atoms with Gasteiger partial charge in [0.15, 0.2) is 0 Å². The van der Waals surface area contributed by atoms with E-state index in [4.69, 9.17) is 4.74 Å². The molecule has 0 fully saturated rings. The van der Waals surface area contributed by atoms with Crippen molar-refractivity contribution in [2.45, 2.75) is 18.2 Å². The van der Waals surface area contributed by atoms with Crippen molar-refractivity contribution in [3.8, 4) is 5.75 Å². The summed E-state index contributed by atoms with van der Waals surface area (Å²) in [6.07, 6.45) is 4.25. The van der Waals surface area contributed by atoms with Crippen LogP contribution in [-0.4, -0.2) is 32.5 Å². The molecule has 0 saturated carbocycles. The molecular formula is C28H27N3O4S. The quantitative estimate of drug-likeness (QED) is 0.334. The Kier molecular flexibility index (Phi) is 7.97. The highest BCUT2D eigenvalue weighted by Gasteiger charge is 2.27. The van der Waals surface area contributed by atoms with Crippen molar-refractivity contribution >= 4 is 27.3 Å². The maximum atomic E-state index is 13.5. The molecular weight excluding hydrogens is 474 g/mol. The number of carbonyl (C=O) groups is 1. The lowest BCUT2D eigenvalue weighted by Crippen LogP contribution is -2.38. The summed E-state index contributed by atoms with van der Waals surface area (Å²) in [6, 6.07) is 26.1. The van der Waals surface area contributed by atoms with Crippen LogP contribution in [0.1, 0.15) is 18.1 Å². The molecule has 4 aromatic rings. The van der Waals surface area contributed by atoms with Gasteiger partial charge in [-0.3, -0.25) is 14.1 Å². The van der Waals surface area contributed by atoms with Crippen LogP contribution in [0.3, 0.4) is 0 Å². The molecule has 4 rings (SSSR count). The van der Waals surface area contributed by atoms with E-state index in [1.165, 1.54) is 12.1 Å². The molecule has 0 aliphatic rings. The fourth-order valence-electron chi connectivity index (χ4n) is 3.68. The number of anilines is 2. The van der Waals surface area contributed by atoms with E-state index in [0.717, 1.165) is 21.9 Å². The molecule has 36 heavy (non-hydrogen) atoms. The molecule has 7 nitrogen and oxygen atoms in total. The van der Waals surface area contributed by atoms with Crippen LogP contribution in [0.4, 0.5) is 11.4 Å². The van der Waals surface area contributed by atoms with Crippen LogP contribution in [0.25, 0.3) is 0 Å². The minimum Gasteiger partial charge on any atom is -0.494 e. The average Bonchev–Trinajstić information content (AvgIpc) is 2.90. The van der Waals surface area contributed by atoms with Gasteiger partial charge in [-0.05, 0) is 85.1 Å². The number of ether oxygens (including phenoxy) is 1. The van der Waals surface area contributed by atoms with Gasteiger partial charge < -0.3 is 10.1 Å². The molecule has 1 N–H and O–H groups in total. The van der Waals surface area contributed by atoms with E-state index in [-0.39, 0.29) is 11.4 Å². The van der Waals surface area contributed by atoms with Crippen molar-refractivity contribution in [2.24, 2.45) is 0 Å². The zero-order valence-corrected chi connectivity index (χ0v) is 20.7. The van der Waals surface area contributed by atoms with Gasteiger partial charge in [0.2, 0.25) is 5.91 Å². The number of hydrogen-bond acceptors (Lipinski definition) is 5. The summed E-state index contributed by atoms with van der Waals surface area (Å²) >= 11 is 0. The molecule has 3 aromatic carbocycles. The Morgan fingerprint density at radius 3 is 2.14 bits per heavy atom. The maximum Gasteiger partial charge on any atom is 0.264 e. The topological polar surface area (TPSA) is 88.6 Å². The Morgan fingerprint density at radius 2 is 1.50 bits per heavy atom. The number of aromatic nitrogens is 1. The van der Waals surface area contributed by atoms with E-state index in [1.54, 1.807) is 67.0 Å². The number of nitrogens with zero attached hydrogens (tertiary/aromatic N) is 2. The third-order valence-electron chi connectivity index (χ3n) is 5.45. The van der Waals surface area contributed by atoms with E-state index >= 15 is 0 Å². The Hall–Kier alpha value is -4.17.